The molecular formula is C18H19N3O. The zero-order chi connectivity index (χ0) is 15.2. The predicted octanol–water partition coefficient (Wildman–Crippen LogP) is 3.36. The van der Waals surface area contributed by atoms with Gasteiger partial charge in [-0.2, -0.15) is 0 Å². The van der Waals surface area contributed by atoms with E-state index in [1.165, 1.54) is 0 Å². The summed E-state index contributed by atoms with van der Waals surface area (Å²) in [4.78, 5) is 8.58. The number of nitrogens with zero attached hydrogens (tertiary/aromatic N) is 2. The molecule has 1 aromatic carbocycles. The van der Waals surface area contributed by atoms with E-state index < -0.39 is 0 Å². The van der Waals surface area contributed by atoms with Crippen molar-refractivity contribution in [2.75, 3.05) is 13.6 Å². The molecule has 0 aliphatic carbocycles. The first-order valence-corrected chi connectivity index (χ1v) is 7.43. The van der Waals surface area contributed by atoms with Crippen molar-refractivity contribution in [2.24, 2.45) is 0 Å². The number of hydrogen-bond donors (Lipinski definition) is 1. The van der Waals surface area contributed by atoms with Crippen LogP contribution in [0.15, 0.2) is 61.1 Å². The molecule has 0 aliphatic heterocycles. The van der Waals surface area contributed by atoms with Crippen LogP contribution in [0.4, 0.5) is 0 Å². The average molecular weight is 293 g/mol. The van der Waals surface area contributed by atoms with Crippen molar-refractivity contribution in [3.8, 4) is 5.75 Å². The minimum atomic E-state index is -0.0352. The number of hydrogen-bond acceptors (Lipinski definition) is 4. The number of ether oxygens (including phenoxy) is 1. The Bertz CT molecular complexity index is 725. The van der Waals surface area contributed by atoms with Crippen LogP contribution < -0.4 is 10.1 Å². The third-order valence-corrected chi connectivity index (χ3v) is 3.59. The monoisotopic (exact) mass is 293 g/mol. The Kier molecular flexibility index (Phi) is 4.61. The fourth-order valence-electron chi connectivity index (χ4n) is 2.47. The average Bonchev–Trinajstić information content (AvgIpc) is 2.59. The second-order valence-electron chi connectivity index (χ2n) is 5.11. The lowest BCUT2D eigenvalue weighted by atomic mass is 10.1. The van der Waals surface area contributed by atoms with Crippen molar-refractivity contribution in [3.05, 3.63) is 66.6 Å². The highest BCUT2D eigenvalue weighted by Gasteiger charge is 2.14. The van der Waals surface area contributed by atoms with Crippen molar-refractivity contribution in [2.45, 2.75) is 12.5 Å². The first-order valence-electron chi connectivity index (χ1n) is 7.43. The predicted molar refractivity (Wildman–Crippen MR) is 87.9 cm³/mol. The molecule has 0 saturated carbocycles. The van der Waals surface area contributed by atoms with Crippen molar-refractivity contribution >= 4 is 10.9 Å². The molecule has 112 valence electrons. The van der Waals surface area contributed by atoms with E-state index in [0.29, 0.717) is 0 Å². The summed E-state index contributed by atoms with van der Waals surface area (Å²) in [5.41, 5.74) is 2.03. The largest absolute Gasteiger partial charge is 0.485 e. The topological polar surface area (TPSA) is 47.0 Å². The van der Waals surface area contributed by atoms with E-state index in [9.17, 15) is 0 Å². The Hall–Kier alpha value is -2.46. The van der Waals surface area contributed by atoms with Gasteiger partial charge in [-0.3, -0.25) is 9.97 Å². The third kappa shape index (κ3) is 3.23. The van der Waals surface area contributed by atoms with Crippen LogP contribution in [0.1, 0.15) is 18.1 Å². The number of rotatable bonds is 6. The smallest absolute Gasteiger partial charge is 0.129 e. The van der Waals surface area contributed by atoms with E-state index in [2.05, 4.69) is 21.4 Å². The second-order valence-corrected chi connectivity index (χ2v) is 5.11. The number of benzene rings is 1. The Morgan fingerprint density at radius 1 is 1.09 bits per heavy atom. The molecular weight excluding hydrogens is 274 g/mol. The van der Waals surface area contributed by atoms with Crippen LogP contribution in [0.5, 0.6) is 5.75 Å². The van der Waals surface area contributed by atoms with Gasteiger partial charge in [-0.25, -0.2) is 0 Å². The summed E-state index contributed by atoms with van der Waals surface area (Å²) in [6.07, 6.45) is 6.28. The lowest BCUT2D eigenvalue weighted by molar-refractivity contribution is 0.197. The summed E-state index contributed by atoms with van der Waals surface area (Å²) in [6.45, 7) is 0.878. The van der Waals surface area contributed by atoms with Gasteiger partial charge in [0, 0.05) is 36.0 Å². The second kappa shape index (κ2) is 7.00. The van der Waals surface area contributed by atoms with Crippen LogP contribution in [0.3, 0.4) is 0 Å². The van der Waals surface area contributed by atoms with E-state index in [0.717, 1.165) is 35.2 Å². The Morgan fingerprint density at radius 3 is 2.82 bits per heavy atom. The van der Waals surface area contributed by atoms with Gasteiger partial charge < -0.3 is 10.1 Å². The maximum atomic E-state index is 6.30. The molecule has 2 heterocycles. The molecule has 0 fully saturated rings. The molecule has 1 N–H and O–H groups in total. The lowest BCUT2D eigenvalue weighted by Gasteiger charge is -2.20. The Labute approximate surface area is 130 Å². The van der Waals surface area contributed by atoms with Crippen molar-refractivity contribution in [1.29, 1.82) is 0 Å². The van der Waals surface area contributed by atoms with Crippen LogP contribution >= 0.6 is 0 Å². The number of nitrogens with one attached hydrogen (secondary N) is 1. The number of fused-ring (bicyclic) bond motifs is 1. The minimum Gasteiger partial charge on any atom is -0.485 e. The first-order chi connectivity index (χ1) is 10.9. The molecule has 0 bridgehead atoms. The van der Waals surface area contributed by atoms with E-state index in [-0.39, 0.29) is 6.10 Å². The summed E-state index contributed by atoms with van der Waals surface area (Å²) in [5, 5.41) is 4.21. The molecule has 1 atom stereocenters. The maximum Gasteiger partial charge on any atom is 0.129 e. The van der Waals surface area contributed by atoms with Gasteiger partial charge >= 0.3 is 0 Å². The van der Waals surface area contributed by atoms with Gasteiger partial charge in [-0.1, -0.05) is 12.1 Å². The first kappa shape index (κ1) is 14.5. The minimum absolute atomic E-state index is 0.0352. The summed E-state index contributed by atoms with van der Waals surface area (Å²) in [7, 11) is 1.95. The van der Waals surface area contributed by atoms with E-state index >= 15 is 0 Å². The highest BCUT2D eigenvalue weighted by Crippen LogP contribution is 2.29. The molecule has 4 nitrogen and oxygen atoms in total. The van der Waals surface area contributed by atoms with Gasteiger partial charge in [-0.15, -0.1) is 0 Å². The van der Waals surface area contributed by atoms with Gasteiger partial charge in [0.15, 0.2) is 0 Å². The number of pyridine rings is 2. The molecule has 1 unspecified atom stereocenters. The fourth-order valence-corrected chi connectivity index (χ4v) is 2.47. The Balaban J connectivity index is 1.92. The van der Waals surface area contributed by atoms with Gasteiger partial charge in [0.2, 0.25) is 0 Å². The Morgan fingerprint density at radius 2 is 2.00 bits per heavy atom. The van der Waals surface area contributed by atoms with E-state index in [4.69, 9.17) is 4.74 Å². The maximum absolute atomic E-state index is 6.30. The lowest BCUT2D eigenvalue weighted by Crippen LogP contribution is -2.16. The van der Waals surface area contributed by atoms with Crippen LogP contribution in [0.25, 0.3) is 10.9 Å². The van der Waals surface area contributed by atoms with Crippen molar-refractivity contribution < 1.29 is 4.74 Å². The zero-order valence-corrected chi connectivity index (χ0v) is 12.6. The van der Waals surface area contributed by atoms with Gasteiger partial charge in [0.25, 0.3) is 0 Å². The van der Waals surface area contributed by atoms with Crippen LogP contribution in [-0.4, -0.2) is 23.6 Å². The molecule has 3 rings (SSSR count). The molecule has 0 saturated heterocycles. The molecule has 22 heavy (non-hydrogen) atoms. The highest BCUT2D eigenvalue weighted by molar-refractivity contribution is 5.84. The molecule has 0 radical (unpaired) electrons. The van der Waals surface area contributed by atoms with Gasteiger partial charge in [0.1, 0.15) is 11.9 Å². The molecule has 3 aromatic rings. The quantitative estimate of drug-likeness (QED) is 0.757. The normalized spacial score (nSPS) is 12.2. The number of aromatic nitrogens is 2. The standard InChI is InChI=1S/C18H19N3O/c1-19-12-9-17(14-5-3-10-20-13-14)22-18-8-2-7-16-15(18)6-4-11-21-16/h2-8,10-11,13,17,19H,9,12H2,1H3. The highest BCUT2D eigenvalue weighted by atomic mass is 16.5. The molecule has 0 amide bonds. The summed E-state index contributed by atoms with van der Waals surface area (Å²) in [6, 6.07) is 13.9. The van der Waals surface area contributed by atoms with Crippen LogP contribution in [-0.2, 0) is 0 Å². The van der Waals surface area contributed by atoms with Crippen LogP contribution in [0.2, 0.25) is 0 Å². The zero-order valence-electron chi connectivity index (χ0n) is 12.6. The third-order valence-electron chi connectivity index (χ3n) is 3.59. The molecule has 0 spiro atoms. The van der Waals surface area contributed by atoms with Crippen LogP contribution in [0, 0.1) is 0 Å². The van der Waals surface area contributed by atoms with Gasteiger partial charge in [-0.05, 0) is 43.9 Å². The molecule has 2 aromatic heterocycles. The molecule has 4 heteroatoms. The van der Waals surface area contributed by atoms with E-state index in [1.54, 1.807) is 12.4 Å². The summed E-state index contributed by atoms with van der Waals surface area (Å²) in [5.74, 6) is 0.857. The van der Waals surface area contributed by atoms with Gasteiger partial charge in [0.05, 0.1) is 5.52 Å². The SMILES string of the molecule is CNCCC(Oc1cccc2ncccc12)c1cccnc1. The van der Waals surface area contributed by atoms with Crippen molar-refractivity contribution in [3.63, 3.8) is 0 Å². The molecule has 0 aliphatic rings. The van der Waals surface area contributed by atoms with Crippen molar-refractivity contribution in [1.82, 2.24) is 15.3 Å². The summed E-state index contributed by atoms with van der Waals surface area (Å²) < 4.78 is 6.30. The fraction of sp³-hybridized carbons (Fsp3) is 0.222. The summed E-state index contributed by atoms with van der Waals surface area (Å²) >= 11 is 0. The van der Waals surface area contributed by atoms with E-state index in [1.807, 2.05) is 49.6 Å².